The number of carbonyl (C=O) groups excluding carboxylic acids is 1. The van der Waals surface area contributed by atoms with Crippen molar-refractivity contribution in [3.05, 3.63) is 92.9 Å². The first-order valence-corrected chi connectivity index (χ1v) is 8.56. The third-order valence-electron chi connectivity index (χ3n) is 4.24. The van der Waals surface area contributed by atoms with Crippen molar-refractivity contribution < 1.29 is 14.6 Å². The molecule has 1 N–H and O–H groups in total. The van der Waals surface area contributed by atoms with Gasteiger partial charge >= 0.3 is 0 Å². The average Bonchev–Trinajstić information content (AvgIpc) is 3.18. The first-order chi connectivity index (χ1) is 14.4. The Bertz CT molecular complexity index is 1250. The van der Waals surface area contributed by atoms with Crippen LogP contribution in [0.1, 0.15) is 10.4 Å². The molecule has 2 aromatic carbocycles. The molecule has 148 valence electrons. The summed E-state index contributed by atoms with van der Waals surface area (Å²) in [4.78, 5) is 41.6. The fourth-order valence-electron chi connectivity index (χ4n) is 2.87. The Labute approximate surface area is 167 Å². The quantitative estimate of drug-likeness (QED) is 0.396. The van der Waals surface area contributed by atoms with Gasteiger partial charge in [0.1, 0.15) is 0 Å². The Kier molecular flexibility index (Phi) is 4.60. The first kappa shape index (κ1) is 18.7. The van der Waals surface area contributed by atoms with Crippen LogP contribution in [0.4, 0.5) is 17.1 Å². The summed E-state index contributed by atoms with van der Waals surface area (Å²) < 4.78 is 1.75. The van der Waals surface area contributed by atoms with Crippen molar-refractivity contribution in [2.45, 2.75) is 0 Å². The van der Waals surface area contributed by atoms with Crippen molar-refractivity contribution in [3.63, 3.8) is 0 Å². The van der Waals surface area contributed by atoms with Crippen LogP contribution in [0.15, 0.2) is 67.1 Å². The van der Waals surface area contributed by atoms with E-state index in [0.29, 0.717) is 22.7 Å². The van der Waals surface area contributed by atoms with Crippen LogP contribution in [0.5, 0.6) is 0 Å². The van der Waals surface area contributed by atoms with Crippen molar-refractivity contribution >= 4 is 28.7 Å². The summed E-state index contributed by atoms with van der Waals surface area (Å²) in [6.07, 6.45) is 5.22. The van der Waals surface area contributed by atoms with E-state index in [2.05, 4.69) is 15.3 Å². The number of hydrogen-bond donors (Lipinski definition) is 1. The Morgan fingerprint density at radius 3 is 2.40 bits per heavy atom. The highest BCUT2D eigenvalue weighted by atomic mass is 16.6. The standard InChI is InChI=1S/C19H12N6O5/c26-18(13-8-15(24(27)28)10-16(9-13)25(29)30)21-14-4-1-3-12(7-14)17-11-23-6-2-5-20-19(23)22-17/h1-11H,(H,21,26). The molecule has 0 unspecified atom stereocenters. The van der Waals surface area contributed by atoms with Crippen molar-refractivity contribution in [2.24, 2.45) is 0 Å². The molecule has 4 rings (SSSR count). The molecule has 11 nitrogen and oxygen atoms in total. The zero-order valence-corrected chi connectivity index (χ0v) is 15.1. The SMILES string of the molecule is O=C(Nc1cccc(-c2cn3cccnc3n2)c1)c1cc([N+](=O)[O-])cc([N+](=O)[O-])c1. The number of anilines is 1. The van der Waals surface area contributed by atoms with Gasteiger partial charge in [0.25, 0.3) is 17.3 Å². The minimum Gasteiger partial charge on any atom is -0.322 e. The minimum absolute atomic E-state index is 0.196. The number of fused-ring (bicyclic) bond motifs is 1. The Morgan fingerprint density at radius 1 is 1.00 bits per heavy atom. The molecular formula is C19H12N6O5. The molecule has 0 fully saturated rings. The molecule has 0 radical (unpaired) electrons. The van der Waals surface area contributed by atoms with Crippen LogP contribution < -0.4 is 5.32 Å². The van der Waals surface area contributed by atoms with Gasteiger partial charge in [-0.05, 0) is 18.2 Å². The summed E-state index contributed by atoms with van der Waals surface area (Å²) in [5.74, 6) is -0.193. The smallest absolute Gasteiger partial charge is 0.277 e. The van der Waals surface area contributed by atoms with Crippen LogP contribution in [0.2, 0.25) is 0 Å². The summed E-state index contributed by atoms with van der Waals surface area (Å²) in [6.45, 7) is 0. The number of aromatic nitrogens is 3. The van der Waals surface area contributed by atoms with E-state index in [4.69, 9.17) is 0 Å². The molecule has 0 saturated carbocycles. The lowest BCUT2D eigenvalue weighted by molar-refractivity contribution is -0.394. The Balaban J connectivity index is 1.63. The Morgan fingerprint density at radius 2 is 1.73 bits per heavy atom. The van der Waals surface area contributed by atoms with Gasteiger partial charge < -0.3 is 5.32 Å². The highest BCUT2D eigenvalue weighted by molar-refractivity contribution is 6.05. The molecule has 0 bridgehead atoms. The topological polar surface area (TPSA) is 146 Å². The maximum atomic E-state index is 12.6. The Hall–Kier alpha value is -4.67. The summed E-state index contributed by atoms with van der Waals surface area (Å²) in [5, 5.41) is 24.6. The number of carbonyl (C=O) groups is 1. The van der Waals surface area contributed by atoms with Gasteiger partial charge in [-0.1, -0.05) is 12.1 Å². The molecular weight excluding hydrogens is 392 g/mol. The van der Waals surface area contributed by atoms with Gasteiger partial charge in [0.05, 0.1) is 27.2 Å². The van der Waals surface area contributed by atoms with Gasteiger partial charge in [-0.2, -0.15) is 0 Å². The zero-order valence-electron chi connectivity index (χ0n) is 15.1. The molecule has 4 aromatic rings. The van der Waals surface area contributed by atoms with Gasteiger partial charge in [0, 0.05) is 42.0 Å². The number of nitrogens with zero attached hydrogens (tertiary/aromatic N) is 5. The van der Waals surface area contributed by atoms with Crippen molar-refractivity contribution in [1.82, 2.24) is 14.4 Å². The highest BCUT2D eigenvalue weighted by Gasteiger charge is 2.20. The number of nitro groups is 2. The molecule has 0 aliphatic rings. The maximum absolute atomic E-state index is 12.6. The van der Waals surface area contributed by atoms with Crippen LogP contribution >= 0.6 is 0 Å². The van der Waals surface area contributed by atoms with Crippen molar-refractivity contribution in [1.29, 1.82) is 0 Å². The number of rotatable bonds is 5. The molecule has 0 atom stereocenters. The van der Waals surface area contributed by atoms with E-state index in [1.807, 2.05) is 0 Å². The highest BCUT2D eigenvalue weighted by Crippen LogP contribution is 2.25. The number of imidazole rings is 1. The van der Waals surface area contributed by atoms with Crippen LogP contribution in [0.3, 0.4) is 0 Å². The van der Waals surface area contributed by atoms with Crippen LogP contribution in [-0.2, 0) is 0 Å². The lowest BCUT2D eigenvalue weighted by Gasteiger charge is -2.07. The number of nitrogens with one attached hydrogen (secondary N) is 1. The van der Waals surface area contributed by atoms with Gasteiger partial charge in [0.15, 0.2) is 0 Å². The largest absolute Gasteiger partial charge is 0.322 e. The molecule has 2 heterocycles. The number of non-ortho nitro benzene ring substituents is 2. The van der Waals surface area contributed by atoms with Crippen molar-refractivity contribution in [2.75, 3.05) is 5.32 Å². The molecule has 0 saturated heterocycles. The van der Waals surface area contributed by atoms with E-state index in [0.717, 1.165) is 18.2 Å². The van der Waals surface area contributed by atoms with Crippen molar-refractivity contribution in [3.8, 4) is 11.3 Å². The molecule has 2 aromatic heterocycles. The van der Waals surface area contributed by atoms with Crippen LogP contribution in [-0.4, -0.2) is 30.1 Å². The first-order valence-electron chi connectivity index (χ1n) is 8.56. The van der Waals surface area contributed by atoms with E-state index < -0.39 is 27.1 Å². The number of benzene rings is 2. The predicted molar refractivity (Wildman–Crippen MR) is 106 cm³/mol. The molecule has 0 aliphatic heterocycles. The summed E-state index contributed by atoms with van der Waals surface area (Å²) in [7, 11) is 0. The number of hydrogen-bond acceptors (Lipinski definition) is 7. The minimum atomic E-state index is -0.790. The normalized spacial score (nSPS) is 10.7. The van der Waals surface area contributed by atoms with Crippen LogP contribution in [0, 0.1) is 20.2 Å². The third-order valence-corrected chi connectivity index (χ3v) is 4.24. The second-order valence-corrected chi connectivity index (χ2v) is 6.24. The molecule has 0 aliphatic carbocycles. The summed E-state index contributed by atoms with van der Waals surface area (Å²) in [6, 6.07) is 11.3. The third kappa shape index (κ3) is 3.67. The van der Waals surface area contributed by atoms with E-state index in [1.54, 1.807) is 53.3 Å². The van der Waals surface area contributed by atoms with Gasteiger partial charge in [-0.15, -0.1) is 0 Å². The molecule has 0 spiro atoms. The van der Waals surface area contributed by atoms with Gasteiger partial charge in [0.2, 0.25) is 5.78 Å². The zero-order chi connectivity index (χ0) is 21.3. The lowest BCUT2D eigenvalue weighted by atomic mass is 10.1. The number of amides is 1. The second kappa shape index (κ2) is 7.39. The maximum Gasteiger partial charge on any atom is 0.277 e. The predicted octanol–water partition coefficient (Wildman–Crippen LogP) is 3.47. The van der Waals surface area contributed by atoms with E-state index in [1.165, 1.54) is 0 Å². The van der Waals surface area contributed by atoms with E-state index in [9.17, 15) is 25.0 Å². The fraction of sp³-hybridized carbons (Fsp3) is 0. The second-order valence-electron chi connectivity index (χ2n) is 6.24. The summed E-state index contributed by atoms with van der Waals surface area (Å²) >= 11 is 0. The van der Waals surface area contributed by atoms with Gasteiger partial charge in [-0.3, -0.25) is 29.4 Å². The van der Waals surface area contributed by atoms with E-state index >= 15 is 0 Å². The molecule has 11 heteroatoms. The van der Waals surface area contributed by atoms with Gasteiger partial charge in [-0.25, -0.2) is 9.97 Å². The molecule has 30 heavy (non-hydrogen) atoms. The monoisotopic (exact) mass is 404 g/mol. The fourth-order valence-corrected chi connectivity index (χ4v) is 2.87. The van der Waals surface area contributed by atoms with E-state index in [-0.39, 0.29) is 5.56 Å². The molecule has 1 amide bonds. The number of nitro benzene ring substituents is 2. The lowest BCUT2D eigenvalue weighted by Crippen LogP contribution is -2.12. The van der Waals surface area contributed by atoms with Crippen LogP contribution in [0.25, 0.3) is 17.0 Å². The average molecular weight is 404 g/mol. The summed E-state index contributed by atoms with van der Waals surface area (Å²) in [5.41, 5.74) is 0.467.